The predicted octanol–water partition coefficient (Wildman–Crippen LogP) is 3.48. The molecule has 0 aromatic heterocycles. The SMILES string of the molecule is CN=C(NCCCOC)NCc1ccccc1CN1CC(C)CC(C)C1.I. The third-order valence-corrected chi connectivity index (χ3v) is 4.94. The molecule has 0 radical (unpaired) electrons. The highest BCUT2D eigenvalue weighted by atomic mass is 127. The fraction of sp³-hybridized carbons (Fsp3) is 0.667. The Balaban J connectivity index is 0.00000364. The molecule has 1 saturated heterocycles. The van der Waals surface area contributed by atoms with Crippen LogP contribution in [0.3, 0.4) is 0 Å². The van der Waals surface area contributed by atoms with Crippen molar-refractivity contribution in [2.45, 2.75) is 39.8 Å². The summed E-state index contributed by atoms with van der Waals surface area (Å²) in [6.07, 6.45) is 2.32. The summed E-state index contributed by atoms with van der Waals surface area (Å²) in [5.74, 6) is 2.43. The number of rotatable bonds is 8. The molecule has 1 aromatic rings. The maximum atomic E-state index is 5.08. The topological polar surface area (TPSA) is 48.9 Å². The third-order valence-electron chi connectivity index (χ3n) is 4.94. The van der Waals surface area contributed by atoms with Crippen LogP contribution in [0.25, 0.3) is 0 Å². The average Bonchev–Trinajstić information content (AvgIpc) is 2.61. The van der Waals surface area contributed by atoms with Gasteiger partial charge in [0.25, 0.3) is 0 Å². The second-order valence-electron chi connectivity index (χ2n) is 7.61. The van der Waals surface area contributed by atoms with Crippen LogP contribution in [-0.4, -0.2) is 51.3 Å². The van der Waals surface area contributed by atoms with Crippen molar-refractivity contribution in [1.82, 2.24) is 15.5 Å². The lowest BCUT2D eigenvalue weighted by Crippen LogP contribution is -2.39. The Labute approximate surface area is 182 Å². The second-order valence-corrected chi connectivity index (χ2v) is 7.61. The summed E-state index contributed by atoms with van der Waals surface area (Å²) in [7, 11) is 3.54. The van der Waals surface area contributed by atoms with Gasteiger partial charge in [0, 0.05) is 53.5 Å². The molecule has 0 bridgehead atoms. The molecule has 154 valence electrons. The van der Waals surface area contributed by atoms with Crippen LogP contribution < -0.4 is 10.6 Å². The molecule has 2 N–H and O–H groups in total. The Morgan fingerprint density at radius 3 is 2.44 bits per heavy atom. The lowest BCUT2D eigenvalue weighted by Gasteiger charge is -2.35. The predicted molar refractivity (Wildman–Crippen MR) is 125 cm³/mol. The molecule has 2 atom stereocenters. The van der Waals surface area contributed by atoms with Gasteiger partial charge in [0.2, 0.25) is 0 Å². The highest BCUT2D eigenvalue weighted by Gasteiger charge is 2.22. The molecular formula is C21H37IN4O. The number of guanidine groups is 1. The van der Waals surface area contributed by atoms with Gasteiger partial charge in [-0.2, -0.15) is 0 Å². The molecule has 1 aromatic carbocycles. The molecule has 27 heavy (non-hydrogen) atoms. The van der Waals surface area contributed by atoms with Gasteiger partial charge in [-0.1, -0.05) is 38.1 Å². The average molecular weight is 488 g/mol. The van der Waals surface area contributed by atoms with Gasteiger partial charge in [-0.25, -0.2) is 0 Å². The zero-order chi connectivity index (χ0) is 18.8. The van der Waals surface area contributed by atoms with Gasteiger partial charge in [0.1, 0.15) is 0 Å². The highest BCUT2D eigenvalue weighted by molar-refractivity contribution is 14.0. The molecule has 1 aliphatic heterocycles. The zero-order valence-corrected chi connectivity index (χ0v) is 19.7. The van der Waals surface area contributed by atoms with Crippen LogP contribution in [0.2, 0.25) is 0 Å². The fourth-order valence-corrected chi connectivity index (χ4v) is 3.87. The fourth-order valence-electron chi connectivity index (χ4n) is 3.87. The molecule has 6 heteroatoms. The van der Waals surface area contributed by atoms with E-state index in [4.69, 9.17) is 4.74 Å². The Morgan fingerprint density at radius 1 is 1.15 bits per heavy atom. The number of benzene rings is 1. The molecule has 1 heterocycles. The quantitative estimate of drug-likeness (QED) is 0.255. The minimum absolute atomic E-state index is 0. The smallest absolute Gasteiger partial charge is 0.191 e. The Bertz CT molecular complexity index is 557. The van der Waals surface area contributed by atoms with E-state index in [1.807, 2.05) is 7.05 Å². The van der Waals surface area contributed by atoms with Crippen molar-refractivity contribution < 1.29 is 4.74 Å². The van der Waals surface area contributed by atoms with Crippen LogP contribution >= 0.6 is 24.0 Å². The van der Waals surface area contributed by atoms with Gasteiger partial charge >= 0.3 is 0 Å². The van der Waals surface area contributed by atoms with E-state index in [0.717, 1.165) is 50.5 Å². The van der Waals surface area contributed by atoms with E-state index in [-0.39, 0.29) is 24.0 Å². The first-order chi connectivity index (χ1) is 12.6. The van der Waals surface area contributed by atoms with Crippen LogP contribution in [0.4, 0.5) is 0 Å². The number of piperidine rings is 1. The van der Waals surface area contributed by atoms with Crippen LogP contribution in [0.5, 0.6) is 0 Å². The summed E-state index contributed by atoms with van der Waals surface area (Å²) < 4.78 is 5.08. The number of nitrogens with one attached hydrogen (secondary N) is 2. The minimum Gasteiger partial charge on any atom is -0.385 e. The van der Waals surface area contributed by atoms with Gasteiger partial charge in [-0.15, -0.1) is 24.0 Å². The van der Waals surface area contributed by atoms with E-state index in [1.54, 1.807) is 7.11 Å². The first-order valence-corrected chi connectivity index (χ1v) is 9.85. The Morgan fingerprint density at radius 2 is 1.81 bits per heavy atom. The second kappa shape index (κ2) is 13.3. The first-order valence-electron chi connectivity index (χ1n) is 9.85. The van der Waals surface area contributed by atoms with Gasteiger partial charge < -0.3 is 15.4 Å². The molecule has 0 saturated carbocycles. The summed E-state index contributed by atoms with van der Waals surface area (Å²) in [5, 5.41) is 6.77. The first kappa shape index (κ1) is 24.2. The number of likely N-dealkylation sites (tertiary alicyclic amines) is 1. The molecule has 1 aliphatic rings. The van der Waals surface area contributed by atoms with Crippen molar-refractivity contribution in [2.75, 3.05) is 40.4 Å². The highest BCUT2D eigenvalue weighted by Crippen LogP contribution is 2.23. The number of hydrogen-bond acceptors (Lipinski definition) is 3. The van der Waals surface area contributed by atoms with Crippen molar-refractivity contribution in [3.05, 3.63) is 35.4 Å². The van der Waals surface area contributed by atoms with Crippen LogP contribution in [0, 0.1) is 11.8 Å². The summed E-state index contributed by atoms with van der Waals surface area (Å²) in [5.41, 5.74) is 2.76. The van der Waals surface area contributed by atoms with E-state index < -0.39 is 0 Å². The number of methoxy groups -OCH3 is 1. The lowest BCUT2D eigenvalue weighted by molar-refractivity contribution is 0.134. The molecule has 0 spiro atoms. The molecule has 0 amide bonds. The number of nitrogens with zero attached hydrogens (tertiary/aromatic N) is 2. The minimum atomic E-state index is 0. The summed E-state index contributed by atoms with van der Waals surface area (Å²) >= 11 is 0. The summed E-state index contributed by atoms with van der Waals surface area (Å²) in [6, 6.07) is 8.75. The van der Waals surface area contributed by atoms with E-state index in [1.165, 1.54) is 30.6 Å². The molecular weight excluding hydrogens is 451 g/mol. The number of ether oxygens (including phenoxy) is 1. The van der Waals surface area contributed by atoms with Crippen molar-refractivity contribution in [2.24, 2.45) is 16.8 Å². The monoisotopic (exact) mass is 488 g/mol. The van der Waals surface area contributed by atoms with Gasteiger partial charge in [0.15, 0.2) is 5.96 Å². The van der Waals surface area contributed by atoms with Gasteiger partial charge in [0.05, 0.1) is 0 Å². The van der Waals surface area contributed by atoms with Crippen molar-refractivity contribution in [3.63, 3.8) is 0 Å². The van der Waals surface area contributed by atoms with Crippen LogP contribution in [-0.2, 0) is 17.8 Å². The largest absolute Gasteiger partial charge is 0.385 e. The Kier molecular flexibility index (Phi) is 11.9. The van der Waals surface area contributed by atoms with Crippen molar-refractivity contribution >= 4 is 29.9 Å². The van der Waals surface area contributed by atoms with E-state index in [0.29, 0.717) is 0 Å². The van der Waals surface area contributed by atoms with Crippen LogP contribution in [0.15, 0.2) is 29.3 Å². The lowest BCUT2D eigenvalue weighted by atomic mass is 9.91. The Hall–Kier alpha value is -0.860. The number of halogens is 1. The molecule has 2 unspecified atom stereocenters. The maximum absolute atomic E-state index is 5.08. The molecule has 5 nitrogen and oxygen atoms in total. The number of aliphatic imine (C=N–C) groups is 1. The van der Waals surface area contributed by atoms with Gasteiger partial charge in [-0.05, 0) is 35.8 Å². The van der Waals surface area contributed by atoms with E-state index >= 15 is 0 Å². The summed E-state index contributed by atoms with van der Waals surface area (Å²) in [6.45, 7) is 10.6. The molecule has 2 rings (SSSR count). The normalized spacial score (nSPS) is 20.8. The third kappa shape index (κ3) is 8.79. The zero-order valence-electron chi connectivity index (χ0n) is 17.3. The molecule has 0 aliphatic carbocycles. The maximum Gasteiger partial charge on any atom is 0.191 e. The van der Waals surface area contributed by atoms with Gasteiger partial charge in [-0.3, -0.25) is 9.89 Å². The van der Waals surface area contributed by atoms with Crippen molar-refractivity contribution in [1.29, 1.82) is 0 Å². The number of hydrogen-bond donors (Lipinski definition) is 2. The standard InChI is InChI=1S/C21H36N4O.HI/c1-17-12-18(2)15-25(14-17)16-20-9-6-5-8-19(20)13-24-21(22-3)23-10-7-11-26-4;/h5-6,8-9,17-18H,7,10-16H2,1-4H3,(H2,22,23,24);1H. The van der Waals surface area contributed by atoms with Crippen LogP contribution in [0.1, 0.15) is 37.8 Å². The van der Waals surface area contributed by atoms with E-state index in [2.05, 4.69) is 58.6 Å². The van der Waals surface area contributed by atoms with E-state index in [9.17, 15) is 0 Å². The van der Waals surface area contributed by atoms with Crippen molar-refractivity contribution in [3.8, 4) is 0 Å². The molecule has 1 fully saturated rings. The summed E-state index contributed by atoms with van der Waals surface area (Å²) in [4.78, 5) is 6.92.